The molecule has 1 amide bonds. The second-order valence-electron chi connectivity index (χ2n) is 6.44. The number of carbonyl (C=O) groups excluding carboxylic acids is 1. The first-order chi connectivity index (χ1) is 11.0. The van der Waals surface area contributed by atoms with Gasteiger partial charge in [-0.15, -0.1) is 0 Å². The molecule has 0 bridgehead atoms. The molecule has 1 aliphatic heterocycles. The molecule has 7 heteroatoms. The summed E-state index contributed by atoms with van der Waals surface area (Å²) in [7, 11) is 1.79. The number of amides is 1. The van der Waals surface area contributed by atoms with Crippen molar-refractivity contribution in [1.82, 2.24) is 20.0 Å². The van der Waals surface area contributed by atoms with Gasteiger partial charge in [-0.2, -0.15) is 5.10 Å². The lowest BCUT2D eigenvalue weighted by Gasteiger charge is -2.27. The average molecular weight is 324 g/mol. The molecule has 1 aliphatic rings. The Morgan fingerprint density at radius 1 is 1.57 bits per heavy atom. The van der Waals surface area contributed by atoms with E-state index in [4.69, 9.17) is 4.74 Å². The first-order valence-corrected chi connectivity index (χ1v) is 8.26. The molecule has 2 N–H and O–H groups in total. The van der Waals surface area contributed by atoms with Crippen LogP contribution in [0.5, 0.6) is 0 Å². The summed E-state index contributed by atoms with van der Waals surface area (Å²) in [4.78, 5) is 14.3. The number of carbonyl (C=O) groups is 1. The highest BCUT2D eigenvalue weighted by molar-refractivity contribution is 5.93. The molecule has 1 fully saturated rings. The number of β-amino-alcohol motifs (C(OH)–C–C–N with tert-alkyl or cyclic N) is 1. The van der Waals surface area contributed by atoms with Crippen LogP contribution in [0.4, 0.5) is 0 Å². The number of ether oxygens (including phenoxy) is 1. The zero-order valence-electron chi connectivity index (χ0n) is 14.2. The molecular weight excluding hydrogens is 296 g/mol. The van der Waals surface area contributed by atoms with Crippen molar-refractivity contribution < 1.29 is 14.6 Å². The quantitative estimate of drug-likeness (QED) is 0.724. The van der Waals surface area contributed by atoms with Crippen LogP contribution < -0.4 is 5.32 Å². The monoisotopic (exact) mass is 324 g/mol. The Kier molecular flexibility index (Phi) is 6.56. The second-order valence-corrected chi connectivity index (χ2v) is 6.44. The van der Waals surface area contributed by atoms with Gasteiger partial charge in [0.15, 0.2) is 0 Å². The molecule has 23 heavy (non-hydrogen) atoms. The smallest absolute Gasteiger partial charge is 0.254 e. The van der Waals surface area contributed by atoms with Crippen molar-refractivity contribution in [3.05, 3.63) is 18.0 Å². The van der Waals surface area contributed by atoms with E-state index in [0.717, 1.165) is 19.4 Å². The minimum absolute atomic E-state index is 0.103. The standard InChI is InChI=1S/C16H28N4O3/c1-12(2)23-11-15(21)10-20-6-4-5-14(20)8-17-16(22)13-7-18-19(3)9-13/h7,9,12,14-15,21H,4-6,8,10-11H2,1-3H3,(H,17,22)/t14-,15-/m0/s1. The van der Waals surface area contributed by atoms with Gasteiger partial charge in [0.05, 0.1) is 30.6 Å². The molecule has 0 saturated carbocycles. The summed E-state index contributed by atoms with van der Waals surface area (Å²) in [6.45, 7) is 6.39. The largest absolute Gasteiger partial charge is 0.389 e. The van der Waals surface area contributed by atoms with Crippen molar-refractivity contribution in [3.63, 3.8) is 0 Å². The molecule has 1 aromatic heterocycles. The molecule has 2 atom stereocenters. The van der Waals surface area contributed by atoms with Gasteiger partial charge in [-0.1, -0.05) is 0 Å². The predicted molar refractivity (Wildman–Crippen MR) is 87.2 cm³/mol. The number of aromatic nitrogens is 2. The zero-order valence-corrected chi connectivity index (χ0v) is 14.2. The van der Waals surface area contributed by atoms with Crippen LogP contribution in [0.3, 0.4) is 0 Å². The lowest BCUT2D eigenvalue weighted by Crippen LogP contribution is -2.44. The van der Waals surface area contributed by atoms with Crippen LogP contribution in [-0.4, -0.2) is 70.2 Å². The summed E-state index contributed by atoms with van der Waals surface area (Å²) in [5.41, 5.74) is 0.572. The van der Waals surface area contributed by atoms with Crippen LogP contribution in [0.15, 0.2) is 12.4 Å². The van der Waals surface area contributed by atoms with Gasteiger partial charge in [-0.3, -0.25) is 14.4 Å². The fourth-order valence-electron chi connectivity index (χ4n) is 2.84. The van der Waals surface area contributed by atoms with Gasteiger partial charge >= 0.3 is 0 Å². The van der Waals surface area contributed by atoms with Gasteiger partial charge in [-0.05, 0) is 33.2 Å². The van der Waals surface area contributed by atoms with Gasteiger partial charge in [0.2, 0.25) is 0 Å². The number of hydrogen-bond donors (Lipinski definition) is 2. The van der Waals surface area contributed by atoms with E-state index in [9.17, 15) is 9.90 Å². The van der Waals surface area contributed by atoms with E-state index in [1.54, 1.807) is 24.1 Å². The fraction of sp³-hybridized carbons (Fsp3) is 0.750. The summed E-state index contributed by atoms with van der Waals surface area (Å²) < 4.78 is 7.06. The second kappa shape index (κ2) is 8.42. The highest BCUT2D eigenvalue weighted by Crippen LogP contribution is 2.17. The molecule has 0 radical (unpaired) electrons. The molecule has 0 spiro atoms. The Bertz CT molecular complexity index is 503. The van der Waals surface area contributed by atoms with E-state index in [1.165, 1.54) is 0 Å². The molecular formula is C16H28N4O3. The number of aliphatic hydroxyl groups excluding tert-OH is 1. The van der Waals surface area contributed by atoms with Gasteiger partial charge in [0, 0.05) is 32.4 Å². The summed E-state index contributed by atoms with van der Waals surface area (Å²) >= 11 is 0. The van der Waals surface area contributed by atoms with Crippen molar-refractivity contribution >= 4 is 5.91 Å². The highest BCUT2D eigenvalue weighted by Gasteiger charge is 2.26. The van der Waals surface area contributed by atoms with E-state index >= 15 is 0 Å². The Morgan fingerprint density at radius 2 is 2.35 bits per heavy atom. The number of nitrogens with zero attached hydrogens (tertiary/aromatic N) is 3. The van der Waals surface area contributed by atoms with Crippen molar-refractivity contribution in [2.45, 2.75) is 44.9 Å². The van der Waals surface area contributed by atoms with E-state index in [-0.39, 0.29) is 18.1 Å². The first-order valence-electron chi connectivity index (χ1n) is 8.26. The maximum Gasteiger partial charge on any atom is 0.254 e. The predicted octanol–water partition coefficient (Wildman–Crippen LogP) is 0.400. The molecule has 2 heterocycles. The zero-order chi connectivity index (χ0) is 16.8. The molecule has 0 aliphatic carbocycles. The number of likely N-dealkylation sites (tertiary alicyclic amines) is 1. The minimum Gasteiger partial charge on any atom is -0.389 e. The molecule has 1 aromatic rings. The molecule has 7 nitrogen and oxygen atoms in total. The number of aliphatic hydroxyl groups is 1. The molecule has 0 aromatic carbocycles. The van der Waals surface area contributed by atoms with Crippen LogP contribution in [0, 0.1) is 0 Å². The Labute approximate surface area is 137 Å². The Hall–Kier alpha value is -1.44. The van der Waals surface area contributed by atoms with Gasteiger partial charge in [-0.25, -0.2) is 0 Å². The van der Waals surface area contributed by atoms with Crippen molar-refractivity contribution in [3.8, 4) is 0 Å². The highest BCUT2D eigenvalue weighted by atomic mass is 16.5. The number of nitrogens with one attached hydrogen (secondary N) is 1. The van der Waals surface area contributed by atoms with Crippen LogP contribution in [0.25, 0.3) is 0 Å². The van der Waals surface area contributed by atoms with Crippen molar-refractivity contribution in [1.29, 1.82) is 0 Å². The third-order valence-corrected chi connectivity index (χ3v) is 4.03. The molecule has 0 unspecified atom stereocenters. The number of hydrogen-bond acceptors (Lipinski definition) is 5. The van der Waals surface area contributed by atoms with Crippen LogP contribution in [0.2, 0.25) is 0 Å². The fourth-order valence-corrected chi connectivity index (χ4v) is 2.84. The molecule has 2 rings (SSSR count). The Morgan fingerprint density at radius 3 is 3.00 bits per heavy atom. The Balaban J connectivity index is 1.76. The van der Waals surface area contributed by atoms with Crippen molar-refractivity contribution in [2.24, 2.45) is 7.05 Å². The maximum absolute atomic E-state index is 12.1. The summed E-state index contributed by atoms with van der Waals surface area (Å²) in [6, 6.07) is 0.268. The normalized spacial score (nSPS) is 20.1. The maximum atomic E-state index is 12.1. The third-order valence-electron chi connectivity index (χ3n) is 4.03. The van der Waals surface area contributed by atoms with Crippen LogP contribution in [0.1, 0.15) is 37.0 Å². The van der Waals surface area contributed by atoms with Gasteiger partial charge in [0.1, 0.15) is 0 Å². The average Bonchev–Trinajstić information content (AvgIpc) is 3.12. The van der Waals surface area contributed by atoms with Crippen molar-refractivity contribution in [2.75, 3.05) is 26.2 Å². The van der Waals surface area contributed by atoms with Gasteiger partial charge < -0.3 is 15.2 Å². The number of aryl methyl sites for hydroxylation is 1. The topological polar surface area (TPSA) is 79.6 Å². The van der Waals surface area contributed by atoms with Crippen LogP contribution >= 0.6 is 0 Å². The van der Waals surface area contributed by atoms with E-state index < -0.39 is 6.10 Å². The SMILES string of the molecule is CC(C)OC[C@@H](O)CN1CCC[C@H]1CNC(=O)c1cnn(C)c1. The lowest BCUT2D eigenvalue weighted by atomic mass is 10.2. The summed E-state index contributed by atoms with van der Waals surface area (Å²) in [6.07, 6.45) is 5.02. The van der Waals surface area contributed by atoms with Gasteiger partial charge in [0.25, 0.3) is 5.91 Å². The summed E-state index contributed by atoms with van der Waals surface area (Å²) in [5.74, 6) is -0.103. The minimum atomic E-state index is -0.493. The van der Waals surface area contributed by atoms with E-state index in [1.807, 2.05) is 13.8 Å². The first kappa shape index (κ1) is 17.9. The number of rotatable bonds is 8. The molecule has 130 valence electrons. The van der Waals surface area contributed by atoms with E-state index in [2.05, 4.69) is 15.3 Å². The van der Waals surface area contributed by atoms with E-state index in [0.29, 0.717) is 25.3 Å². The van der Waals surface area contributed by atoms with Crippen LogP contribution in [-0.2, 0) is 11.8 Å². The molecule has 1 saturated heterocycles. The third kappa shape index (κ3) is 5.60. The lowest BCUT2D eigenvalue weighted by molar-refractivity contribution is -0.00989. The summed E-state index contributed by atoms with van der Waals surface area (Å²) in [5, 5.41) is 17.0.